The minimum absolute atomic E-state index is 0.216. The van der Waals surface area contributed by atoms with E-state index in [2.05, 4.69) is 10.0 Å². The Hall–Kier alpha value is -1.79. The molecule has 0 unspecified atom stereocenters. The van der Waals surface area contributed by atoms with Crippen LogP contribution in [0, 0.1) is 13.8 Å². The third kappa shape index (κ3) is 2.86. The minimum atomic E-state index is -3.66. The molecule has 0 aliphatic rings. The summed E-state index contributed by atoms with van der Waals surface area (Å²) in [5.41, 5.74) is 1.19. The number of hydrogen-bond donors (Lipinski definition) is 2. The van der Waals surface area contributed by atoms with Crippen LogP contribution in [0.15, 0.2) is 39.6 Å². The van der Waals surface area contributed by atoms with Crippen LogP contribution in [-0.2, 0) is 16.6 Å². The zero-order valence-electron chi connectivity index (χ0n) is 11.7. The fourth-order valence-corrected chi connectivity index (χ4v) is 3.66. The van der Waals surface area contributed by atoms with Gasteiger partial charge in [0.05, 0.1) is 0 Å². The first-order chi connectivity index (χ1) is 9.45. The van der Waals surface area contributed by atoms with Crippen LogP contribution in [0.25, 0.3) is 0 Å². The molecule has 2 aromatic rings. The number of furan rings is 1. The summed E-state index contributed by atoms with van der Waals surface area (Å²) in [6.07, 6.45) is 0. The number of anilines is 1. The Morgan fingerprint density at radius 2 is 1.75 bits per heavy atom. The third-order valence-electron chi connectivity index (χ3n) is 2.97. The molecule has 0 aliphatic carbocycles. The SMILES string of the molecule is CNCc1c(C)oc(C)c1S(=O)(=O)Nc1ccccc1. The highest BCUT2D eigenvalue weighted by Crippen LogP contribution is 2.28. The van der Waals surface area contributed by atoms with E-state index >= 15 is 0 Å². The first-order valence-corrected chi connectivity index (χ1v) is 7.75. The first kappa shape index (κ1) is 14.6. The van der Waals surface area contributed by atoms with E-state index in [9.17, 15) is 8.42 Å². The third-order valence-corrected chi connectivity index (χ3v) is 4.55. The van der Waals surface area contributed by atoms with Gasteiger partial charge in [-0.2, -0.15) is 0 Å². The molecular formula is C14H18N2O3S. The molecule has 0 saturated heterocycles. The first-order valence-electron chi connectivity index (χ1n) is 6.27. The monoisotopic (exact) mass is 294 g/mol. The Balaban J connectivity index is 2.44. The average Bonchev–Trinajstić information content (AvgIpc) is 2.66. The van der Waals surface area contributed by atoms with Gasteiger partial charge in [-0.05, 0) is 33.0 Å². The van der Waals surface area contributed by atoms with E-state index in [0.717, 1.165) is 0 Å². The number of benzene rings is 1. The highest BCUT2D eigenvalue weighted by atomic mass is 32.2. The molecule has 108 valence electrons. The Bertz CT molecular complexity index is 691. The van der Waals surface area contributed by atoms with Crippen LogP contribution in [0.2, 0.25) is 0 Å². The number of hydrogen-bond acceptors (Lipinski definition) is 4. The van der Waals surface area contributed by atoms with Crippen molar-refractivity contribution in [3.63, 3.8) is 0 Å². The molecule has 0 atom stereocenters. The summed E-state index contributed by atoms with van der Waals surface area (Å²) in [7, 11) is -1.89. The zero-order valence-corrected chi connectivity index (χ0v) is 12.5. The number of para-hydroxylation sites is 1. The van der Waals surface area contributed by atoms with Crippen molar-refractivity contribution >= 4 is 15.7 Å². The van der Waals surface area contributed by atoms with Gasteiger partial charge in [-0.25, -0.2) is 8.42 Å². The predicted octanol–water partition coefficient (Wildman–Crippen LogP) is 2.42. The lowest BCUT2D eigenvalue weighted by atomic mass is 10.2. The summed E-state index contributed by atoms with van der Waals surface area (Å²) in [5, 5.41) is 2.96. The molecule has 0 amide bonds. The maximum absolute atomic E-state index is 12.5. The topological polar surface area (TPSA) is 71.3 Å². The second-order valence-electron chi connectivity index (χ2n) is 4.52. The van der Waals surface area contributed by atoms with Crippen molar-refractivity contribution in [3.05, 3.63) is 47.4 Å². The second-order valence-corrected chi connectivity index (χ2v) is 6.14. The van der Waals surface area contributed by atoms with Crippen molar-refractivity contribution < 1.29 is 12.8 Å². The lowest BCUT2D eigenvalue weighted by Gasteiger charge is -2.09. The Labute approximate surface area is 119 Å². The van der Waals surface area contributed by atoms with Crippen molar-refractivity contribution in [1.82, 2.24) is 5.32 Å². The van der Waals surface area contributed by atoms with E-state index in [4.69, 9.17) is 4.42 Å². The zero-order chi connectivity index (χ0) is 14.8. The quantitative estimate of drug-likeness (QED) is 0.888. The largest absolute Gasteiger partial charge is 0.465 e. The van der Waals surface area contributed by atoms with Gasteiger partial charge < -0.3 is 9.73 Å². The molecule has 0 bridgehead atoms. The molecule has 2 N–H and O–H groups in total. The highest BCUT2D eigenvalue weighted by molar-refractivity contribution is 7.92. The van der Waals surface area contributed by atoms with Crippen molar-refractivity contribution in [2.75, 3.05) is 11.8 Å². The number of rotatable bonds is 5. The molecule has 1 heterocycles. The standard InChI is InChI=1S/C14H18N2O3S/c1-10-13(9-15-3)14(11(2)19-10)20(17,18)16-12-7-5-4-6-8-12/h4-8,15-16H,9H2,1-3H3. The lowest BCUT2D eigenvalue weighted by molar-refractivity contribution is 0.494. The molecular weight excluding hydrogens is 276 g/mol. The van der Waals surface area contributed by atoms with Crippen molar-refractivity contribution in [3.8, 4) is 0 Å². The summed E-state index contributed by atoms with van der Waals surface area (Å²) in [6, 6.07) is 8.80. The van der Waals surface area contributed by atoms with E-state index in [-0.39, 0.29) is 4.90 Å². The summed E-state index contributed by atoms with van der Waals surface area (Å²) < 4.78 is 33.1. The van der Waals surface area contributed by atoms with Crippen molar-refractivity contribution in [1.29, 1.82) is 0 Å². The fraction of sp³-hybridized carbons (Fsp3) is 0.286. The molecule has 5 nitrogen and oxygen atoms in total. The van der Waals surface area contributed by atoms with Gasteiger partial charge >= 0.3 is 0 Å². The van der Waals surface area contributed by atoms with E-state index < -0.39 is 10.0 Å². The number of aryl methyl sites for hydroxylation is 2. The molecule has 0 aliphatic heterocycles. The van der Waals surface area contributed by atoms with Gasteiger partial charge in [0, 0.05) is 17.8 Å². The van der Waals surface area contributed by atoms with E-state index in [1.54, 1.807) is 45.2 Å². The van der Waals surface area contributed by atoms with Gasteiger partial charge in [-0.3, -0.25) is 4.72 Å². The molecule has 0 radical (unpaired) electrons. The molecule has 6 heteroatoms. The molecule has 2 rings (SSSR count). The molecule has 0 spiro atoms. The van der Waals surface area contributed by atoms with Gasteiger partial charge in [0.2, 0.25) is 0 Å². The summed E-state index contributed by atoms with van der Waals surface area (Å²) >= 11 is 0. The second kappa shape index (κ2) is 5.68. The number of nitrogens with one attached hydrogen (secondary N) is 2. The van der Waals surface area contributed by atoms with Gasteiger partial charge in [-0.15, -0.1) is 0 Å². The lowest BCUT2D eigenvalue weighted by Crippen LogP contribution is -2.17. The normalized spacial score (nSPS) is 11.6. The highest BCUT2D eigenvalue weighted by Gasteiger charge is 2.26. The van der Waals surface area contributed by atoms with Crippen LogP contribution < -0.4 is 10.0 Å². The summed E-state index contributed by atoms with van der Waals surface area (Å²) in [6.45, 7) is 3.86. The van der Waals surface area contributed by atoms with E-state index in [1.165, 1.54) is 0 Å². The predicted molar refractivity (Wildman–Crippen MR) is 78.2 cm³/mol. The smallest absolute Gasteiger partial charge is 0.265 e. The maximum Gasteiger partial charge on any atom is 0.265 e. The molecule has 20 heavy (non-hydrogen) atoms. The van der Waals surface area contributed by atoms with Gasteiger partial charge in [-0.1, -0.05) is 18.2 Å². The molecule has 1 aromatic carbocycles. The summed E-state index contributed by atoms with van der Waals surface area (Å²) in [5.74, 6) is 1.02. The van der Waals surface area contributed by atoms with E-state index in [1.807, 2.05) is 6.07 Å². The van der Waals surface area contributed by atoms with Crippen molar-refractivity contribution in [2.45, 2.75) is 25.3 Å². The van der Waals surface area contributed by atoms with Crippen LogP contribution in [0.3, 0.4) is 0 Å². The van der Waals surface area contributed by atoms with Gasteiger partial charge in [0.15, 0.2) is 0 Å². The fourth-order valence-electron chi connectivity index (χ4n) is 2.16. The Morgan fingerprint density at radius 1 is 1.10 bits per heavy atom. The molecule has 0 fully saturated rings. The molecule has 0 saturated carbocycles. The van der Waals surface area contributed by atoms with Crippen LogP contribution in [0.5, 0.6) is 0 Å². The van der Waals surface area contributed by atoms with Crippen molar-refractivity contribution in [2.24, 2.45) is 0 Å². The Kier molecular flexibility index (Phi) is 4.15. The minimum Gasteiger partial charge on any atom is -0.465 e. The van der Waals surface area contributed by atoms with Crippen LogP contribution in [0.4, 0.5) is 5.69 Å². The average molecular weight is 294 g/mol. The molecule has 1 aromatic heterocycles. The summed E-state index contributed by atoms with van der Waals surface area (Å²) in [4.78, 5) is 0.216. The van der Waals surface area contributed by atoms with Crippen LogP contribution >= 0.6 is 0 Å². The van der Waals surface area contributed by atoms with E-state index in [0.29, 0.717) is 29.3 Å². The Morgan fingerprint density at radius 3 is 2.35 bits per heavy atom. The van der Waals surface area contributed by atoms with Gasteiger partial charge in [0.25, 0.3) is 10.0 Å². The van der Waals surface area contributed by atoms with Gasteiger partial charge in [0.1, 0.15) is 16.4 Å². The maximum atomic E-state index is 12.5. The van der Waals surface area contributed by atoms with Crippen LogP contribution in [0.1, 0.15) is 17.1 Å². The van der Waals surface area contributed by atoms with Crippen LogP contribution in [-0.4, -0.2) is 15.5 Å². The number of sulfonamides is 1.